The van der Waals surface area contributed by atoms with Crippen molar-refractivity contribution in [2.45, 2.75) is 71.3 Å². The zero-order chi connectivity index (χ0) is 15.9. The Morgan fingerprint density at radius 2 is 1.91 bits per heavy atom. The smallest absolute Gasteiger partial charge is 0.140 e. The first-order valence-electron chi connectivity index (χ1n) is 8.63. The lowest BCUT2D eigenvalue weighted by atomic mass is 9.80. The minimum atomic E-state index is 0.0140. The highest BCUT2D eigenvalue weighted by Gasteiger charge is 2.31. The first-order chi connectivity index (χ1) is 10.4. The standard InChI is InChI=1S/C19H29N3/c1-13-9-8-12-22-16(15(20)14-10-6-5-7-11-14)17(19(2,3)4)21-18(13)22/h8-9,12,14-15H,5-7,10-11,20H2,1-4H3. The molecule has 3 nitrogen and oxygen atoms in total. The van der Waals surface area contributed by atoms with Gasteiger partial charge in [-0.15, -0.1) is 0 Å². The van der Waals surface area contributed by atoms with Gasteiger partial charge in [0.1, 0.15) is 5.65 Å². The number of fused-ring (bicyclic) bond motifs is 1. The van der Waals surface area contributed by atoms with E-state index in [0.29, 0.717) is 5.92 Å². The summed E-state index contributed by atoms with van der Waals surface area (Å²) in [5, 5.41) is 0. The van der Waals surface area contributed by atoms with Gasteiger partial charge in [0.15, 0.2) is 0 Å². The lowest BCUT2D eigenvalue weighted by molar-refractivity contribution is 0.301. The van der Waals surface area contributed by atoms with E-state index in [0.717, 1.165) is 5.65 Å². The first-order valence-corrected chi connectivity index (χ1v) is 8.63. The van der Waals surface area contributed by atoms with Crippen LogP contribution in [-0.2, 0) is 5.41 Å². The van der Waals surface area contributed by atoms with E-state index in [4.69, 9.17) is 10.7 Å². The fraction of sp³-hybridized carbons (Fsp3) is 0.632. The fourth-order valence-corrected chi connectivity index (χ4v) is 3.81. The molecule has 1 aliphatic carbocycles. The second-order valence-corrected chi connectivity index (χ2v) is 7.90. The summed E-state index contributed by atoms with van der Waals surface area (Å²) in [5.41, 5.74) is 11.5. The van der Waals surface area contributed by atoms with Crippen molar-refractivity contribution in [1.29, 1.82) is 0 Å². The molecule has 3 heteroatoms. The molecule has 0 radical (unpaired) electrons. The number of nitrogens with zero attached hydrogens (tertiary/aromatic N) is 2. The molecule has 120 valence electrons. The Hall–Kier alpha value is -1.35. The van der Waals surface area contributed by atoms with E-state index in [1.165, 1.54) is 49.1 Å². The zero-order valence-corrected chi connectivity index (χ0v) is 14.4. The Morgan fingerprint density at radius 1 is 1.23 bits per heavy atom. The molecule has 0 spiro atoms. The van der Waals surface area contributed by atoms with E-state index in [2.05, 4.69) is 50.4 Å². The maximum atomic E-state index is 6.77. The third kappa shape index (κ3) is 2.67. The highest BCUT2D eigenvalue weighted by atomic mass is 15.0. The van der Waals surface area contributed by atoms with Crippen molar-refractivity contribution >= 4 is 5.65 Å². The molecule has 1 atom stereocenters. The maximum Gasteiger partial charge on any atom is 0.140 e. The molecule has 3 rings (SSSR count). The monoisotopic (exact) mass is 299 g/mol. The molecule has 0 aromatic carbocycles. The summed E-state index contributed by atoms with van der Waals surface area (Å²) in [6, 6.07) is 4.32. The lowest BCUT2D eigenvalue weighted by Crippen LogP contribution is -2.28. The van der Waals surface area contributed by atoms with Gasteiger partial charge >= 0.3 is 0 Å². The van der Waals surface area contributed by atoms with E-state index in [1.54, 1.807) is 0 Å². The van der Waals surface area contributed by atoms with Crippen molar-refractivity contribution in [2.75, 3.05) is 0 Å². The van der Waals surface area contributed by atoms with Crippen LogP contribution in [0.5, 0.6) is 0 Å². The predicted molar refractivity (Wildman–Crippen MR) is 92.1 cm³/mol. The van der Waals surface area contributed by atoms with Gasteiger partial charge in [-0.2, -0.15) is 0 Å². The van der Waals surface area contributed by atoms with Crippen LogP contribution in [0.15, 0.2) is 18.3 Å². The van der Waals surface area contributed by atoms with Gasteiger partial charge in [-0.3, -0.25) is 0 Å². The van der Waals surface area contributed by atoms with E-state index in [1.807, 2.05) is 0 Å². The number of rotatable bonds is 2. The number of nitrogens with two attached hydrogens (primary N) is 1. The van der Waals surface area contributed by atoms with Gasteiger partial charge in [-0.05, 0) is 37.3 Å². The largest absolute Gasteiger partial charge is 0.322 e. The summed E-state index contributed by atoms with van der Waals surface area (Å²) in [4.78, 5) is 4.98. The Bertz CT molecular complexity index is 657. The van der Waals surface area contributed by atoms with Crippen molar-refractivity contribution in [3.63, 3.8) is 0 Å². The van der Waals surface area contributed by atoms with E-state index >= 15 is 0 Å². The van der Waals surface area contributed by atoms with Crippen LogP contribution in [-0.4, -0.2) is 9.38 Å². The van der Waals surface area contributed by atoms with Crippen molar-refractivity contribution < 1.29 is 0 Å². The average molecular weight is 299 g/mol. The molecular formula is C19H29N3. The van der Waals surface area contributed by atoms with Crippen LogP contribution in [0, 0.1) is 12.8 Å². The summed E-state index contributed by atoms with van der Waals surface area (Å²) >= 11 is 0. The molecule has 0 aliphatic heterocycles. The summed E-state index contributed by atoms with van der Waals surface area (Å²) in [7, 11) is 0. The van der Waals surface area contributed by atoms with Crippen molar-refractivity contribution in [3.05, 3.63) is 35.3 Å². The molecule has 0 amide bonds. The van der Waals surface area contributed by atoms with Gasteiger partial charge in [-0.1, -0.05) is 46.1 Å². The Morgan fingerprint density at radius 3 is 2.55 bits per heavy atom. The molecule has 0 saturated heterocycles. The van der Waals surface area contributed by atoms with Crippen LogP contribution in [0.2, 0.25) is 0 Å². The maximum absolute atomic E-state index is 6.77. The fourth-order valence-electron chi connectivity index (χ4n) is 3.81. The predicted octanol–water partition coefficient (Wildman–Crippen LogP) is 4.52. The summed E-state index contributed by atoms with van der Waals surface area (Å²) in [6.45, 7) is 8.84. The van der Waals surface area contributed by atoms with Crippen molar-refractivity contribution in [1.82, 2.24) is 9.38 Å². The second-order valence-electron chi connectivity index (χ2n) is 7.90. The highest BCUT2D eigenvalue weighted by Crippen LogP contribution is 2.37. The summed E-state index contributed by atoms with van der Waals surface area (Å²) in [6.07, 6.45) is 8.63. The SMILES string of the molecule is Cc1cccn2c(C(N)C3CCCCC3)c(C(C)(C)C)nc12. The molecule has 2 aromatic rings. The van der Waals surface area contributed by atoms with Crippen LogP contribution >= 0.6 is 0 Å². The quantitative estimate of drug-likeness (QED) is 0.886. The average Bonchev–Trinajstić information content (AvgIpc) is 2.88. The molecule has 1 fully saturated rings. The first kappa shape index (κ1) is 15.5. The van der Waals surface area contributed by atoms with E-state index in [-0.39, 0.29) is 11.5 Å². The van der Waals surface area contributed by atoms with Crippen LogP contribution < -0.4 is 5.73 Å². The van der Waals surface area contributed by atoms with Crippen molar-refractivity contribution in [3.8, 4) is 0 Å². The molecule has 1 saturated carbocycles. The third-order valence-electron chi connectivity index (χ3n) is 5.07. The number of aromatic nitrogens is 2. The number of pyridine rings is 1. The van der Waals surface area contributed by atoms with Gasteiger partial charge in [-0.25, -0.2) is 4.98 Å². The Balaban J connectivity index is 2.15. The number of hydrogen-bond acceptors (Lipinski definition) is 2. The molecular weight excluding hydrogens is 270 g/mol. The minimum absolute atomic E-state index is 0.0140. The molecule has 1 unspecified atom stereocenters. The number of imidazole rings is 1. The molecule has 0 bridgehead atoms. The van der Waals surface area contributed by atoms with Gasteiger partial charge in [0.25, 0.3) is 0 Å². The molecule has 2 heterocycles. The van der Waals surface area contributed by atoms with Crippen LogP contribution in [0.25, 0.3) is 5.65 Å². The van der Waals surface area contributed by atoms with Crippen LogP contribution in [0.4, 0.5) is 0 Å². The molecule has 22 heavy (non-hydrogen) atoms. The van der Waals surface area contributed by atoms with Crippen LogP contribution in [0.1, 0.15) is 75.9 Å². The van der Waals surface area contributed by atoms with Crippen molar-refractivity contribution in [2.24, 2.45) is 11.7 Å². The normalized spacial score (nSPS) is 18.8. The highest BCUT2D eigenvalue weighted by molar-refractivity contribution is 5.52. The topological polar surface area (TPSA) is 43.3 Å². The lowest BCUT2D eigenvalue weighted by Gasteiger charge is -2.29. The third-order valence-corrected chi connectivity index (χ3v) is 5.07. The van der Waals surface area contributed by atoms with Gasteiger partial charge in [0.05, 0.1) is 17.4 Å². The van der Waals surface area contributed by atoms with Gasteiger partial charge < -0.3 is 10.1 Å². The zero-order valence-electron chi connectivity index (χ0n) is 14.4. The van der Waals surface area contributed by atoms with Gasteiger partial charge in [0, 0.05) is 11.6 Å². The summed E-state index contributed by atoms with van der Waals surface area (Å²) in [5.74, 6) is 0.593. The summed E-state index contributed by atoms with van der Waals surface area (Å²) < 4.78 is 2.25. The molecule has 2 aromatic heterocycles. The molecule has 1 aliphatic rings. The second kappa shape index (κ2) is 5.69. The Labute approximate surface area is 133 Å². The minimum Gasteiger partial charge on any atom is -0.322 e. The van der Waals surface area contributed by atoms with E-state index < -0.39 is 0 Å². The van der Waals surface area contributed by atoms with Gasteiger partial charge in [0.2, 0.25) is 0 Å². The number of hydrogen-bond donors (Lipinski definition) is 1. The van der Waals surface area contributed by atoms with Crippen LogP contribution in [0.3, 0.4) is 0 Å². The molecule has 2 N–H and O–H groups in total. The number of aryl methyl sites for hydroxylation is 1. The van der Waals surface area contributed by atoms with E-state index in [9.17, 15) is 0 Å². The Kier molecular flexibility index (Phi) is 4.02.